The zero-order valence-electron chi connectivity index (χ0n) is 15.1. The zero-order chi connectivity index (χ0) is 17.8. The Morgan fingerprint density at radius 3 is 2.84 bits per heavy atom. The summed E-state index contributed by atoms with van der Waals surface area (Å²) in [6.45, 7) is 6.75. The lowest BCUT2D eigenvalue weighted by molar-refractivity contribution is -0.130. The van der Waals surface area contributed by atoms with Crippen molar-refractivity contribution in [2.75, 3.05) is 19.6 Å². The highest BCUT2D eigenvalue weighted by Crippen LogP contribution is 2.32. The Hall–Kier alpha value is -2.14. The van der Waals surface area contributed by atoms with E-state index in [1.165, 1.54) is 0 Å². The van der Waals surface area contributed by atoms with E-state index in [0.29, 0.717) is 6.42 Å². The minimum atomic E-state index is -0.232. The van der Waals surface area contributed by atoms with Crippen LogP contribution in [0, 0.1) is 0 Å². The van der Waals surface area contributed by atoms with Crippen LogP contribution in [0.3, 0.4) is 0 Å². The number of rotatable bonds is 4. The molecule has 0 spiro atoms. The quantitative estimate of drug-likeness (QED) is 0.916. The largest absolute Gasteiger partial charge is 0.352 e. The van der Waals surface area contributed by atoms with Gasteiger partial charge in [-0.1, -0.05) is 31.2 Å². The summed E-state index contributed by atoms with van der Waals surface area (Å²) in [4.78, 5) is 28.7. The van der Waals surface area contributed by atoms with E-state index in [9.17, 15) is 9.59 Å². The molecule has 2 aliphatic heterocycles. The molecule has 25 heavy (non-hydrogen) atoms. The highest BCUT2D eigenvalue weighted by Gasteiger charge is 2.29. The maximum Gasteiger partial charge on any atom is 0.223 e. The summed E-state index contributed by atoms with van der Waals surface area (Å²) in [5, 5.41) is 3.18. The van der Waals surface area contributed by atoms with Crippen LogP contribution < -0.4 is 5.32 Å². The van der Waals surface area contributed by atoms with E-state index < -0.39 is 0 Å². The van der Waals surface area contributed by atoms with E-state index in [1.54, 1.807) is 18.0 Å². The molecule has 0 aliphatic carbocycles. The highest BCUT2D eigenvalue weighted by atomic mass is 16.2. The molecule has 5 heteroatoms. The molecule has 2 heterocycles. The van der Waals surface area contributed by atoms with Crippen LogP contribution in [-0.2, 0) is 9.59 Å². The monoisotopic (exact) mass is 341 g/mol. The minimum absolute atomic E-state index is 0.0179. The number of fused-ring (bicyclic) bond motifs is 1. The van der Waals surface area contributed by atoms with Crippen LogP contribution in [0.15, 0.2) is 30.5 Å². The highest BCUT2D eigenvalue weighted by molar-refractivity contribution is 5.82. The number of amides is 2. The summed E-state index contributed by atoms with van der Waals surface area (Å²) in [6.07, 6.45) is 6.17. The predicted octanol–water partition coefficient (Wildman–Crippen LogP) is 2.55. The normalized spacial score (nSPS) is 23.2. The Morgan fingerprint density at radius 2 is 2.08 bits per heavy atom. The maximum atomic E-state index is 12.7. The molecular weight excluding hydrogens is 314 g/mol. The molecule has 0 aromatic heterocycles. The Bertz CT molecular complexity index is 671. The second kappa shape index (κ2) is 7.83. The van der Waals surface area contributed by atoms with Gasteiger partial charge in [0, 0.05) is 25.7 Å². The summed E-state index contributed by atoms with van der Waals surface area (Å²) >= 11 is 0. The third-order valence-corrected chi connectivity index (χ3v) is 5.17. The van der Waals surface area contributed by atoms with Gasteiger partial charge in [0.15, 0.2) is 0 Å². The Morgan fingerprint density at radius 1 is 1.28 bits per heavy atom. The number of carbonyl (C=O) groups excluding carboxylic acids is 2. The lowest BCUT2D eigenvalue weighted by Gasteiger charge is -2.34. The third kappa shape index (κ3) is 4.10. The second-order valence-corrected chi connectivity index (χ2v) is 6.89. The molecule has 1 N–H and O–H groups in total. The van der Waals surface area contributed by atoms with Gasteiger partial charge in [0.1, 0.15) is 0 Å². The molecule has 5 nitrogen and oxygen atoms in total. The van der Waals surface area contributed by atoms with Gasteiger partial charge in [-0.25, -0.2) is 0 Å². The van der Waals surface area contributed by atoms with Gasteiger partial charge >= 0.3 is 0 Å². The van der Waals surface area contributed by atoms with Crippen LogP contribution in [0.4, 0.5) is 0 Å². The van der Waals surface area contributed by atoms with Crippen molar-refractivity contribution in [3.8, 4) is 0 Å². The van der Waals surface area contributed by atoms with E-state index in [1.807, 2.05) is 30.3 Å². The minimum Gasteiger partial charge on any atom is -0.352 e. The van der Waals surface area contributed by atoms with Crippen LogP contribution in [0.2, 0.25) is 0 Å². The maximum absolute atomic E-state index is 12.7. The first-order valence-electron chi connectivity index (χ1n) is 9.16. The SMILES string of the molecule is CCN1CCCC(NC(=O)CC2c3ccccc3C=CN2C(C)=O)C1. The van der Waals surface area contributed by atoms with Gasteiger partial charge in [-0.3, -0.25) is 9.59 Å². The molecule has 1 saturated heterocycles. The smallest absolute Gasteiger partial charge is 0.223 e. The fraction of sp³-hybridized carbons (Fsp3) is 0.500. The molecule has 0 radical (unpaired) electrons. The fourth-order valence-corrected chi connectivity index (χ4v) is 3.84. The number of piperidine rings is 1. The van der Waals surface area contributed by atoms with Gasteiger partial charge < -0.3 is 15.1 Å². The number of hydrogen-bond acceptors (Lipinski definition) is 3. The molecule has 0 bridgehead atoms. The first-order valence-corrected chi connectivity index (χ1v) is 9.16. The summed E-state index contributed by atoms with van der Waals surface area (Å²) in [7, 11) is 0. The van der Waals surface area contributed by atoms with Crippen LogP contribution >= 0.6 is 0 Å². The molecule has 2 amide bonds. The van der Waals surface area contributed by atoms with Gasteiger partial charge in [0.2, 0.25) is 11.8 Å². The van der Waals surface area contributed by atoms with Crippen molar-refractivity contribution < 1.29 is 9.59 Å². The molecule has 2 unspecified atom stereocenters. The number of benzene rings is 1. The van der Waals surface area contributed by atoms with Crippen molar-refractivity contribution in [1.82, 2.24) is 15.1 Å². The molecule has 1 aromatic carbocycles. The molecule has 2 aliphatic rings. The lowest BCUT2D eigenvalue weighted by Crippen LogP contribution is -2.48. The van der Waals surface area contributed by atoms with Gasteiger partial charge in [-0.2, -0.15) is 0 Å². The molecule has 134 valence electrons. The van der Waals surface area contributed by atoms with Crippen molar-refractivity contribution in [2.45, 2.75) is 45.2 Å². The van der Waals surface area contributed by atoms with Crippen molar-refractivity contribution in [3.63, 3.8) is 0 Å². The van der Waals surface area contributed by atoms with Crippen molar-refractivity contribution in [1.29, 1.82) is 0 Å². The molecule has 0 saturated carbocycles. The molecular formula is C20H27N3O2. The number of likely N-dealkylation sites (N-methyl/N-ethyl adjacent to an activating group) is 1. The summed E-state index contributed by atoms with van der Waals surface area (Å²) in [5.74, 6) is -0.0253. The third-order valence-electron chi connectivity index (χ3n) is 5.17. The van der Waals surface area contributed by atoms with Gasteiger partial charge in [0.25, 0.3) is 0 Å². The Balaban J connectivity index is 1.70. The van der Waals surface area contributed by atoms with Crippen LogP contribution in [0.25, 0.3) is 6.08 Å². The number of nitrogens with one attached hydrogen (secondary N) is 1. The van der Waals surface area contributed by atoms with Gasteiger partial charge in [0.05, 0.1) is 12.5 Å². The van der Waals surface area contributed by atoms with E-state index in [0.717, 1.165) is 43.6 Å². The average Bonchev–Trinajstić information content (AvgIpc) is 2.61. The number of hydrogen-bond donors (Lipinski definition) is 1. The summed E-state index contributed by atoms with van der Waals surface area (Å²) in [6, 6.07) is 7.94. The zero-order valence-corrected chi connectivity index (χ0v) is 15.1. The van der Waals surface area contributed by atoms with Crippen LogP contribution in [-0.4, -0.2) is 47.3 Å². The molecule has 1 fully saturated rings. The molecule has 2 atom stereocenters. The van der Waals surface area contributed by atoms with E-state index in [4.69, 9.17) is 0 Å². The summed E-state index contributed by atoms with van der Waals surface area (Å²) < 4.78 is 0. The average molecular weight is 341 g/mol. The predicted molar refractivity (Wildman–Crippen MR) is 98.6 cm³/mol. The number of nitrogens with zero attached hydrogens (tertiary/aromatic N) is 2. The van der Waals surface area contributed by atoms with Crippen molar-refractivity contribution in [2.24, 2.45) is 0 Å². The van der Waals surface area contributed by atoms with E-state index >= 15 is 0 Å². The van der Waals surface area contributed by atoms with Crippen LogP contribution in [0.5, 0.6) is 0 Å². The Labute approximate surface area is 149 Å². The fourth-order valence-electron chi connectivity index (χ4n) is 3.84. The standard InChI is InChI=1S/C20H27N3O2/c1-3-22-11-6-8-17(14-22)21-20(25)13-19-18-9-5-4-7-16(18)10-12-23(19)15(2)24/h4-5,7,9-10,12,17,19H,3,6,8,11,13-14H2,1-2H3,(H,21,25). The summed E-state index contributed by atoms with van der Waals surface area (Å²) in [5.41, 5.74) is 2.11. The first-order chi connectivity index (χ1) is 12.1. The molecule has 3 rings (SSSR count). The topological polar surface area (TPSA) is 52.7 Å². The lowest BCUT2D eigenvalue weighted by atomic mass is 9.93. The number of carbonyl (C=O) groups is 2. The van der Waals surface area contributed by atoms with Crippen molar-refractivity contribution >= 4 is 17.9 Å². The molecule has 1 aromatic rings. The van der Waals surface area contributed by atoms with Crippen LogP contribution in [0.1, 0.15) is 50.3 Å². The van der Waals surface area contributed by atoms with Crippen molar-refractivity contribution in [3.05, 3.63) is 41.6 Å². The Kier molecular flexibility index (Phi) is 5.53. The van der Waals surface area contributed by atoms with E-state index in [2.05, 4.69) is 17.1 Å². The second-order valence-electron chi connectivity index (χ2n) is 6.89. The van der Waals surface area contributed by atoms with Gasteiger partial charge in [-0.15, -0.1) is 0 Å². The first kappa shape index (κ1) is 17.7. The number of likely N-dealkylation sites (tertiary alicyclic amines) is 1. The van der Waals surface area contributed by atoms with Gasteiger partial charge in [-0.05, 0) is 43.1 Å². The van der Waals surface area contributed by atoms with E-state index in [-0.39, 0.29) is 23.9 Å².